The molecule has 4 rings (SSSR count). The third-order valence-electron chi connectivity index (χ3n) is 5.45. The van der Waals surface area contributed by atoms with Crippen LogP contribution in [0.5, 0.6) is 0 Å². The third kappa shape index (κ3) is 4.38. The summed E-state index contributed by atoms with van der Waals surface area (Å²) in [4.78, 5) is 20.1. The molecule has 0 spiro atoms. The second-order valence-corrected chi connectivity index (χ2v) is 7.96. The number of rotatable bonds is 6. The van der Waals surface area contributed by atoms with Gasteiger partial charge in [-0.3, -0.25) is 0 Å². The van der Waals surface area contributed by atoms with E-state index in [1.165, 1.54) is 12.8 Å². The number of hydrogen-bond donors (Lipinski definition) is 0. The molecule has 156 valence electrons. The fourth-order valence-electron chi connectivity index (χ4n) is 3.48. The van der Waals surface area contributed by atoms with E-state index in [0.29, 0.717) is 11.5 Å². The highest BCUT2D eigenvalue weighted by Crippen LogP contribution is 2.37. The van der Waals surface area contributed by atoms with E-state index in [0.717, 1.165) is 24.9 Å². The molecule has 0 aliphatic heterocycles. The molecule has 0 bridgehead atoms. The van der Waals surface area contributed by atoms with E-state index < -0.39 is 12.1 Å². The summed E-state index contributed by atoms with van der Waals surface area (Å²) in [5, 5.41) is 3.41. The van der Waals surface area contributed by atoms with Crippen molar-refractivity contribution >= 4 is 6.03 Å². The zero-order valence-electron chi connectivity index (χ0n) is 16.3. The summed E-state index contributed by atoms with van der Waals surface area (Å²) < 4.78 is 42.2. The topological polar surface area (TPSA) is 62.5 Å². The normalized spacial score (nSPS) is 17.8. The third-order valence-corrected chi connectivity index (χ3v) is 5.45. The molecular weight excluding hydrogens is 385 g/mol. The summed E-state index contributed by atoms with van der Waals surface area (Å²) in [5.41, 5.74) is 1.34. The second kappa shape index (κ2) is 7.35. The Labute approximate surface area is 166 Å². The maximum absolute atomic E-state index is 13.0. The molecule has 2 aliphatic carbocycles. The monoisotopic (exact) mass is 408 g/mol. The number of hydrogen-bond acceptors (Lipinski definition) is 4. The standard InChI is InChI=1S/C20H23F3N4O2/c1-12(27(16-9-10-16)19(28)26(2)11-13-3-4-13)14-5-7-15(8-6-14)17-24-18(29-25-17)20(21,22)23/h5-8,12-13,16H,3-4,9-11H2,1-2H3. The Kier molecular flexibility index (Phi) is 5.00. The van der Waals surface area contributed by atoms with Gasteiger partial charge in [-0.05, 0) is 44.1 Å². The van der Waals surface area contributed by atoms with Crippen LogP contribution in [0.3, 0.4) is 0 Å². The first-order valence-electron chi connectivity index (χ1n) is 9.78. The van der Waals surface area contributed by atoms with Gasteiger partial charge in [-0.2, -0.15) is 18.2 Å². The Balaban J connectivity index is 1.49. The molecule has 0 N–H and O–H groups in total. The lowest BCUT2D eigenvalue weighted by atomic mass is 10.0. The average molecular weight is 408 g/mol. The van der Waals surface area contributed by atoms with Crippen LogP contribution in [0.1, 0.15) is 50.1 Å². The van der Waals surface area contributed by atoms with Gasteiger partial charge in [-0.15, -0.1) is 0 Å². The second-order valence-electron chi connectivity index (χ2n) is 7.96. The molecule has 0 saturated heterocycles. The van der Waals surface area contributed by atoms with E-state index in [2.05, 4.69) is 14.7 Å². The minimum Gasteiger partial charge on any atom is -0.329 e. The van der Waals surface area contributed by atoms with Crippen molar-refractivity contribution in [3.05, 3.63) is 35.7 Å². The zero-order valence-corrected chi connectivity index (χ0v) is 16.3. The summed E-state index contributed by atoms with van der Waals surface area (Å²) >= 11 is 0. The Morgan fingerprint density at radius 2 is 1.86 bits per heavy atom. The maximum Gasteiger partial charge on any atom is 0.471 e. The highest BCUT2D eigenvalue weighted by molar-refractivity contribution is 5.75. The molecular formula is C20H23F3N4O2. The first-order chi connectivity index (χ1) is 13.7. The minimum absolute atomic E-state index is 0.0314. The van der Waals surface area contributed by atoms with E-state index >= 15 is 0 Å². The highest BCUT2D eigenvalue weighted by Gasteiger charge is 2.39. The lowest BCUT2D eigenvalue weighted by molar-refractivity contribution is -0.159. The number of urea groups is 1. The molecule has 1 atom stereocenters. The molecule has 2 saturated carbocycles. The number of carbonyl (C=O) groups excluding carboxylic acids is 1. The SMILES string of the molecule is CC(c1ccc(-c2noc(C(F)(F)F)n2)cc1)N(C(=O)N(C)CC1CC1)C1CC1. The largest absolute Gasteiger partial charge is 0.471 e. The Bertz CT molecular complexity index is 873. The van der Waals surface area contributed by atoms with Crippen molar-refractivity contribution in [3.8, 4) is 11.4 Å². The van der Waals surface area contributed by atoms with Gasteiger partial charge in [0.25, 0.3) is 0 Å². The van der Waals surface area contributed by atoms with Crippen LogP contribution in [0.2, 0.25) is 0 Å². The van der Waals surface area contributed by atoms with E-state index in [1.807, 2.05) is 18.9 Å². The molecule has 9 heteroatoms. The van der Waals surface area contributed by atoms with Crippen LogP contribution in [-0.4, -0.2) is 45.6 Å². The molecule has 1 unspecified atom stereocenters. The van der Waals surface area contributed by atoms with Crippen molar-refractivity contribution < 1.29 is 22.5 Å². The van der Waals surface area contributed by atoms with Crippen LogP contribution >= 0.6 is 0 Å². The molecule has 1 aromatic carbocycles. The van der Waals surface area contributed by atoms with Crippen molar-refractivity contribution in [2.75, 3.05) is 13.6 Å². The number of aromatic nitrogens is 2. The average Bonchev–Trinajstić information content (AvgIpc) is 3.61. The maximum atomic E-state index is 13.0. The Morgan fingerprint density at radius 1 is 1.21 bits per heavy atom. The molecule has 2 aliphatic rings. The lowest BCUT2D eigenvalue weighted by Crippen LogP contribution is -2.44. The lowest BCUT2D eigenvalue weighted by Gasteiger charge is -2.33. The molecule has 2 aromatic rings. The Hall–Kier alpha value is -2.58. The molecule has 1 aromatic heterocycles. The van der Waals surface area contributed by atoms with Gasteiger partial charge in [0, 0.05) is 25.2 Å². The van der Waals surface area contributed by atoms with Crippen molar-refractivity contribution in [1.82, 2.24) is 19.9 Å². The molecule has 0 radical (unpaired) electrons. The minimum atomic E-state index is -4.67. The van der Waals surface area contributed by atoms with Crippen molar-refractivity contribution in [3.63, 3.8) is 0 Å². The number of nitrogens with zero attached hydrogens (tertiary/aromatic N) is 4. The predicted octanol–water partition coefficient (Wildman–Crippen LogP) is 4.74. The van der Waals surface area contributed by atoms with Gasteiger partial charge in [0.15, 0.2) is 0 Å². The summed E-state index contributed by atoms with van der Waals surface area (Å²) in [6.07, 6.45) is -0.311. The molecule has 29 heavy (non-hydrogen) atoms. The first-order valence-corrected chi connectivity index (χ1v) is 9.78. The molecule has 6 nitrogen and oxygen atoms in total. The summed E-state index contributed by atoms with van der Waals surface area (Å²) in [6, 6.07) is 7.04. The van der Waals surface area contributed by atoms with Crippen LogP contribution in [0.25, 0.3) is 11.4 Å². The van der Waals surface area contributed by atoms with Crippen LogP contribution in [0.15, 0.2) is 28.8 Å². The van der Waals surface area contributed by atoms with Gasteiger partial charge < -0.3 is 14.3 Å². The van der Waals surface area contributed by atoms with E-state index in [1.54, 1.807) is 29.2 Å². The zero-order chi connectivity index (χ0) is 20.8. The van der Waals surface area contributed by atoms with Crippen LogP contribution in [0.4, 0.5) is 18.0 Å². The van der Waals surface area contributed by atoms with E-state index in [4.69, 9.17) is 0 Å². The quantitative estimate of drug-likeness (QED) is 0.693. The number of halogens is 3. The molecule has 1 heterocycles. The van der Waals surface area contributed by atoms with Crippen molar-refractivity contribution in [2.45, 2.75) is 50.9 Å². The highest BCUT2D eigenvalue weighted by atomic mass is 19.4. The number of amides is 2. The summed E-state index contributed by atoms with van der Waals surface area (Å²) in [5.74, 6) is -0.860. The van der Waals surface area contributed by atoms with Gasteiger partial charge in [-0.25, -0.2) is 4.79 Å². The number of carbonyl (C=O) groups is 1. The fourth-order valence-corrected chi connectivity index (χ4v) is 3.48. The van der Waals surface area contributed by atoms with E-state index in [9.17, 15) is 18.0 Å². The Morgan fingerprint density at radius 3 is 2.38 bits per heavy atom. The van der Waals surface area contributed by atoms with Crippen molar-refractivity contribution in [1.29, 1.82) is 0 Å². The van der Waals surface area contributed by atoms with Gasteiger partial charge in [0.2, 0.25) is 5.82 Å². The van der Waals surface area contributed by atoms with Gasteiger partial charge in [-0.1, -0.05) is 29.4 Å². The molecule has 2 fully saturated rings. The smallest absolute Gasteiger partial charge is 0.329 e. The fraction of sp³-hybridized carbons (Fsp3) is 0.550. The van der Waals surface area contributed by atoms with E-state index in [-0.39, 0.29) is 23.9 Å². The summed E-state index contributed by atoms with van der Waals surface area (Å²) in [6.45, 7) is 2.76. The van der Waals surface area contributed by atoms with Crippen LogP contribution in [0, 0.1) is 5.92 Å². The number of benzene rings is 1. The van der Waals surface area contributed by atoms with Gasteiger partial charge in [0.1, 0.15) is 0 Å². The molecule has 2 amide bonds. The van der Waals surface area contributed by atoms with Gasteiger partial charge in [0.05, 0.1) is 6.04 Å². The van der Waals surface area contributed by atoms with Gasteiger partial charge >= 0.3 is 18.1 Å². The first kappa shape index (κ1) is 19.7. The predicted molar refractivity (Wildman–Crippen MR) is 98.8 cm³/mol. The van der Waals surface area contributed by atoms with Crippen molar-refractivity contribution in [2.24, 2.45) is 5.92 Å². The van der Waals surface area contributed by atoms with Crippen LogP contribution < -0.4 is 0 Å². The summed E-state index contributed by atoms with van der Waals surface area (Å²) in [7, 11) is 1.85. The van der Waals surface area contributed by atoms with Crippen LogP contribution in [-0.2, 0) is 6.18 Å². The number of alkyl halides is 3.